The normalized spacial score (nSPS) is 17.2. The number of morpholine rings is 1. The van der Waals surface area contributed by atoms with Crippen molar-refractivity contribution in [3.63, 3.8) is 0 Å². The van der Waals surface area contributed by atoms with E-state index in [1.54, 1.807) is 0 Å². The van der Waals surface area contributed by atoms with Gasteiger partial charge in [-0.3, -0.25) is 4.90 Å². The number of nitrogens with one attached hydrogen (secondary N) is 1. The quantitative estimate of drug-likeness (QED) is 0.667. The summed E-state index contributed by atoms with van der Waals surface area (Å²) in [5.41, 5.74) is 5.43. The minimum Gasteiger partial charge on any atom is -0.452 e. The molecule has 1 aromatic heterocycles. The van der Waals surface area contributed by atoms with Crippen molar-refractivity contribution in [2.75, 3.05) is 39.4 Å². The molecular weight excluding hydrogens is 362 g/mol. The molecular formula is C12H20BrN3O4S. The van der Waals surface area contributed by atoms with Gasteiger partial charge in [0, 0.05) is 25.7 Å². The van der Waals surface area contributed by atoms with Gasteiger partial charge in [0.05, 0.1) is 19.8 Å². The largest absolute Gasteiger partial charge is 0.452 e. The lowest BCUT2D eigenvalue weighted by Crippen LogP contribution is -2.38. The van der Waals surface area contributed by atoms with E-state index in [1.807, 2.05) is 0 Å². The van der Waals surface area contributed by atoms with Crippen LogP contribution < -0.4 is 10.5 Å². The summed E-state index contributed by atoms with van der Waals surface area (Å²) in [7, 11) is -3.57. The molecule has 0 unspecified atom stereocenters. The average Bonchev–Trinajstić information content (AvgIpc) is 2.87. The Kier molecular flexibility index (Phi) is 6.20. The molecule has 0 aromatic carbocycles. The molecule has 0 radical (unpaired) electrons. The van der Waals surface area contributed by atoms with E-state index in [4.69, 9.17) is 14.9 Å². The first-order valence-electron chi connectivity index (χ1n) is 6.81. The van der Waals surface area contributed by atoms with Gasteiger partial charge in [0.1, 0.15) is 10.7 Å². The van der Waals surface area contributed by atoms with Gasteiger partial charge in [-0.1, -0.05) is 0 Å². The molecule has 0 aliphatic carbocycles. The molecule has 1 saturated heterocycles. The Morgan fingerprint density at radius 3 is 2.71 bits per heavy atom. The predicted molar refractivity (Wildman–Crippen MR) is 81.4 cm³/mol. The second-order valence-corrected chi connectivity index (χ2v) is 7.22. The highest BCUT2D eigenvalue weighted by Crippen LogP contribution is 2.25. The highest BCUT2D eigenvalue weighted by atomic mass is 79.9. The second kappa shape index (κ2) is 7.70. The van der Waals surface area contributed by atoms with Crippen LogP contribution in [0, 0.1) is 0 Å². The highest BCUT2D eigenvalue weighted by Gasteiger charge is 2.21. The van der Waals surface area contributed by atoms with Crippen LogP contribution in [-0.2, 0) is 21.3 Å². The molecule has 21 heavy (non-hydrogen) atoms. The maximum Gasteiger partial charge on any atom is 0.244 e. The van der Waals surface area contributed by atoms with Crippen molar-refractivity contribution in [3.8, 4) is 0 Å². The van der Waals surface area contributed by atoms with Crippen molar-refractivity contribution in [2.45, 2.75) is 17.9 Å². The van der Waals surface area contributed by atoms with Crippen LogP contribution in [0.1, 0.15) is 12.2 Å². The minimum absolute atomic E-state index is 0.0920. The lowest BCUT2D eigenvalue weighted by atomic mass is 10.3. The van der Waals surface area contributed by atoms with Crippen molar-refractivity contribution in [3.05, 3.63) is 16.5 Å². The summed E-state index contributed by atoms with van der Waals surface area (Å²) in [4.78, 5) is 2.35. The van der Waals surface area contributed by atoms with Crippen molar-refractivity contribution in [2.24, 2.45) is 5.73 Å². The molecule has 0 atom stereocenters. The van der Waals surface area contributed by atoms with Gasteiger partial charge in [-0.25, -0.2) is 13.1 Å². The van der Waals surface area contributed by atoms with Gasteiger partial charge in [0.25, 0.3) is 0 Å². The van der Waals surface area contributed by atoms with E-state index in [0.717, 1.165) is 39.3 Å². The van der Waals surface area contributed by atoms with E-state index >= 15 is 0 Å². The zero-order chi connectivity index (χ0) is 15.3. The molecule has 0 bridgehead atoms. The zero-order valence-electron chi connectivity index (χ0n) is 11.7. The van der Waals surface area contributed by atoms with Gasteiger partial charge >= 0.3 is 0 Å². The summed E-state index contributed by atoms with van der Waals surface area (Å²) >= 11 is 3.10. The molecule has 1 aliphatic rings. The molecule has 9 heteroatoms. The molecule has 2 heterocycles. The predicted octanol–water partition coefficient (Wildman–Crippen LogP) is 0.501. The molecule has 0 saturated carbocycles. The standard InChI is InChI=1S/C12H20BrN3O4S/c13-12-11(8-10(9-14)20-12)21(17,18)15-2-1-3-16-4-6-19-7-5-16/h8,15H,1-7,9,14H2. The number of nitrogens with zero attached hydrogens (tertiary/aromatic N) is 1. The number of nitrogens with two attached hydrogens (primary N) is 1. The third-order valence-electron chi connectivity index (χ3n) is 3.24. The summed E-state index contributed by atoms with van der Waals surface area (Å²) in [6.45, 7) is 4.69. The first-order valence-corrected chi connectivity index (χ1v) is 9.08. The van der Waals surface area contributed by atoms with Gasteiger partial charge in [-0.05, 0) is 28.9 Å². The van der Waals surface area contributed by atoms with E-state index in [9.17, 15) is 8.42 Å². The summed E-state index contributed by atoms with van der Waals surface area (Å²) in [6.07, 6.45) is 0.748. The van der Waals surface area contributed by atoms with E-state index in [1.165, 1.54) is 6.07 Å². The lowest BCUT2D eigenvalue weighted by molar-refractivity contribution is 0.0376. The van der Waals surface area contributed by atoms with Gasteiger partial charge in [-0.2, -0.15) is 0 Å². The maximum atomic E-state index is 12.2. The number of furan rings is 1. The van der Waals surface area contributed by atoms with Crippen LogP contribution in [0.4, 0.5) is 0 Å². The van der Waals surface area contributed by atoms with Crippen LogP contribution in [0.2, 0.25) is 0 Å². The van der Waals surface area contributed by atoms with Crippen LogP contribution in [0.25, 0.3) is 0 Å². The third kappa shape index (κ3) is 4.76. The van der Waals surface area contributed by atoms with Crippen LogP contribution in [0.5, 0.6) is 0 Å². The maximum absolute atomic E-state index is 12.2. The lowest BCUT2D eigenvalue weighted by Gasteiger charge is -2.26. The van der Waals surface area contributed by atoms with E-state index in [-0.39, 0.29) is 16.1 Å². The van der Waals surface area contributed by atoms with Crippen LogP contribution in [0.3, 0.4) is 0 Å². The summed E-state index contributed by atoms with van der Waals surface area (Å²) < 4.78 is 37.5. The smallest absolute Gasteiger partial charge is 0.244 e. The summed E-state index contributed by atoms with van der Waals surface area (Å²) in [6, 6.07) is 1.44. The Morgan fingerprint density at radius 1 is 1.38 bits per heavy atom. The Labute approximate surface area is 133 Å². The van der Waals surface area contributed by atoms with E-state index in [0.29, 0.717) is 12.3 Å². The Morgan fingerprint density at radius 2 is 2.10 bits per heavy atom. The Balaban J connectivity index is 1.82. The number of halogens is 1. The van der Waals surface area contributed by atoms with Crippen LogP contribution in [-0.4, -0.2) is 52.7 Å². The molecule has 1 aliphatic heterocycles. The molecule has 1 fully saturated rings. The molecule has 0 amide bonds. The van der Waals surface area contributed by atoms with E-state index < -0.39 is 10.0 Å². The number of sulfonamides is 1. The van der Waals surface area contributed by atoms with Gasteiger partial charge in [0.15, 0.2) is 4.67 Å². The molecule has 7 nitrogen and oxygen atoms in total. The van der Waals surface area contributed by atoms with Gasteiger partial charge in [-0.15, -0.1) is 0 Å². The van der Waals surface area contributed by atoms with Crippen molar-refractivity contribution in [1.82, 2.24) is 9.62 Å². The number of hydrogen-bond donors (Lipinski definition) is 2. The molecule has 0 spiro atoms. The van der Waals surface area contributed by atoms with Crippen LogP contribution >= 0.6 is 15.9 Å². The Bertz CT molecular complexity index is 555. The second-order valence-electron chi connectivity index (χ2n) is 4.76. The minimum atomic E-state index is -3.57. The third-order valence-corrected chi connectivity index (χ3v) is 5.56. The number of rotatable bonds is 7. The fourth-order valence-corrected chi connectivity index (χ4v) is 4.16. The monoisotopic (exact) mass is 381 g/mol. The van der Waals surface area contributed by atoms with Gasteiger partial charge < -0.3 is 14.9 Å². The van der Waals surface area contributed by atoms with Crippen LogP contribution in [0.15, 0.2) is 20.0 Å². The molecule has 120 valence electrons. The van der Waals surface area contributed by atoms with Gasteiger partial charge in [0.2, 0.25) is 10.0 Å². The summed E-state index contributed by atoms with van der Waals surface area (Å²) in [5, 5.41) is 0. The first kappa shape index (κ1) is 16.9. The molecule has 3 N–H and O–H groups in total. The SMILES string of the molecule is NCc1cc(S(=O)(=O)NCCCN2CCOCC2)c(Br)o1. The zero-order valence-corrected chi connectivity index (χ0v) is 14.1. The Hall–Kier alpha value is -0.450. The average molecular weight is 382 g/mol. The highest BCUT2D eigenvalue weighted by molar-refractivity contribution is 9.10. The number of ether oxygens (including phenoxy) is 1. The molecule has 2 rings (SSSR count). The molecule has 1 aromatic rings. The van der Waals surface area contributed by atoms with E-state index in [2.05, 4.69) is 25.6 Å². The number of hydrogen-bond acceptors (Lipinski definition) is 6. The summed E-state index contributed by atoms with van der Waals surface area (Å²) in [5.74, 6) is 0.426. The first-order chi connectivity index (χ1) is 10.0. The fraction of sp³-hybridized carbons (Fsp3) is 0.667. The van der Waals surface area contributed by atoms with Crippen molar-refractivity contribution >= 4 is 26.0 Å². The van der Waals surface area contributed by atoms with Crippen molar-refractivity contribution in [1.29, 1.82) is 0 Å². The fourth-order valence-electron chi connectivity index (χ4n) is 2.09. The topological polar surface area (TPSA) is 97.8 Å². The van der Waals surface area contributed by atoms with Crippen molar-refractivity contribution < 1.29 is 17.6 Å².